The van der Waals surface area contributed by atoms with E-state index in [4.69, 9.17) is 11.0 Å². The molecule has 0 heterocycles. The van der Waals surface area contributed by atoms with Crippen LogP contribution in [0.4, 0.5) is 0 Å². The Labute approximate surface area is 94.6 Å². The lowest BCUT2D eigenvalue weighted by atomic mass is 9.97. The number of hydrogen-bond acceptors (Lipinski definition) is 4. The summed E-state index contributed by atoms with van der Waals surface area (Å²) in [5, 5.41) is 8.93. The number of esters is 1. The zero-order valence-electron chi connectivity index (χ0n) is 9.41. The number of methoxy groups -OCH3 is 1. The fraction of sp³-hybridized carbons (Fsp3) is 0.333. The summed E-state index contributed by atoms with van der Waals surface area (Å²) < 4.78 is 4.67. The van der Waals surface area contributed by atoms with Gasteiger partial charge in [-0.05, 0) is 23.6 Å². The molecular formula is C12H14N2O2. The Morgan fingerprint density at radius 1 is 1.50 bits per heavy atom. The second-order valence-corrected chi connectivity index (χ2v) is 3.33. The van der Waals surface area contributed by atoms with Crippen molar-refractivity contribution in [1.29, 1.82) is 5.26 Å². The van der Waals surface area contributed by atoms with Crippen molar-refractivity contribution >= 4 is 5.97 Å². The van der Waals surface area contributed by atoms with Gasteiger partial charge in [0, 0.05) is 6.54 Å². The predicted octanol–water partition coefficient (Wildman–Crippen LogP) is 1.37. The Bertz CT molecular complexity index is 447. The lowest BCUT2D eigenvalue weighted by Crippen LogP contribution is -2.09. The van der Waals surface area contributed by atoms with Gasteiger partial charge in [0.25, 0.3) is 0 Å². The molecule has 0 fully saturated rings. The molecule has 0 aromatic heterocycles. The first-order valence-electron chi connectivity index (χ1n) is 5.02. The van der Waals surface area contributed by atoms with E-state index in [1.807, 2.05) is 13.0 Å². The van der Waals surface area contributed by atoms with E-state index in [-0.39, 0.29) is 6.54 Å². The summed E-state index contributed by atoms with van der Waals surface area (Å²) in [7, 11) is 1.32. The molecule has 0 atom stereocenters. The van der Waals surface area contributed by atoms with Gasteiger partial charge in [-0.3, -0.25) is 0 Å². The summed E-state index contributed by atoms with van der Waals surface area (Å²) in [6.45, 7) is 2.23. The topological polar surface area (TPSA) is 76.1 Å². The number of rotatable bonds is 3. The highest BCUT2D eigenvalue weighted by Gasteiger charge is 2.14. The largest absolute Gasteiger partial charge is 0.465 e. The van der Waals surface area contributed by atoms with Crippen LogP contribution in [0.1, 0.15) is 34.0 Å². The number of benzene rings is 1. The third kappa shape index (κ3) is 2.20. The number of nitrogens with zero attached hydrogens (tertiary/aromatic N) is 1. The van der Waals surface area contributed by atoms with Crippen molar-refractivity contribution in [2.45, 2.75) is 19.9 Å². The third-order valence-electron chi connectivity index (χ3n) is 2.46. The van der Waals surface area contributed by atoms with Crippen molar-refractivity contribution in [2.75, 3.05) is 7.11 Å². The highest BCUT2D eigenvalue weighted by atomic mass is 16.5. The van der Waals surface area contributed by atoms with E-state index in [2.05, 4.69) is 4.74 Å². The van der Waals surface area contributed by atoms with Crippen LogP contribution in [0.3, 0.4) is 0 Å². The van der Waals surface area contributed by atoms with Gasteiger partial charge in [-0.1, -0.05) is 13.0 Å². The normalized spacial score (nSPS) is 9.62. The van der Waals surface area contributed by atoms with Gasteiger partial charge < -0.3 is 10.5 Å². The average molecular weight is 218 g/mol. The molecule has 16 heavy (non-hydrogen) atoms. The van der Waals surface area contributed by atoms with Crippen molar-refractivity contribution in [3.05, 3.63) is 34.4 Å². The number of aryl methyl sites for hydroxylation is 1. The Balaban J connectivity index is 3.38. The van der Waals surface area contributed by atoms with Crippen LogP contribution < -0.4 is 5.73 Å². The predicted molar refractivity (Wildman–Crippen MR) is 59.8 cm³/mol. The number of ether oxygens (including phenoxy) is 1. The molecule has 4 heteroatoms. The second kappa shape index (κ2) is 5.29. The van der Waals surface area contributed by atoms with Gasteiger partial charge in [0.15, 0.2) is 0 Å². The maximum absolute atomic E-state index is 11.5. The highest BCUT2D eigenvalue weighted by molar-refractivity contribution is 5.91. The summed E-state index contributed by atoms with van der Waals surface area (Å²) in [6, 6.07) is 5.37. The van der Waals surface area contributed by atoms with Crippen LogP contribution in [0.5, 0.6) is 0 Å². The monoisotopic (exact) mass is 218 g/mol. The SMILES string of the molecule is CCc1cc(CN)c(C#N)cc1C(=O)OC. The third-order valence-corrected chi connectivity index (χ3v) is 2.46. The molecule has 0 saturated heterocycles. The summed E-state index contributed by atoms with van der Waals surface area (Å²) >= 11 is 0. The standard InChI is InChI=1S/C12H14N2O2/c1-3-8-4-9(6-13)10(7-14)5-11(8)12(15)16-2/h4-5H,3,6,13H2,1-2H3. The lowest BCUT2D eigenvalue weighted by molar-refractivity contribution is 0.0599. The Morgan fingerprint density at radius 3 is 2.62 bits per heavy atom. The molecule has 1 rings (SSSR count). The molecule has 0 bridgehead atoms. The lowest BCUT2D eigenvalue weighted by Gasteiger charge is -2.09. The molecule has 0 aliphatic rings. The summed E-state index contributed by atoms with van der Waals surface area (Å²) in [5.74, 6) is -0.420. The first-order chi connectivity index (χ1) is 7.67. The number of nitrogens with two attached hydrogens (primary N) is 1. The van der Waals surface area contributed by atoms with Crippen LogP contribution >= 0.6 is 0 Å². The quantitative estimate of drug-likeness (QED) is 0.777. The van der Waals surface area contributed by atoms with E-state index < -0.39 is 5.97 Å². The van der Waals surface area contributed by atoms with Crippen molar-refractivity contribution in [3.63, 3.8) is 0 Å². The van der Waals surface area contributed by atoms with Gasteiger partial charge in [0.1, 0.15) is 0 Å². The number of nitriles is 1. The molecule has 0 unspecified atom stereocenters. The molecule has 2 N–H and O–H groups in total. The van der Waals surface area contributed by atoms with Gasteiger partial charge in [-0.15, -0.1) is 0 Å². The van der Waals surface area contributed by atoms with E-state index >= 15 is 0 Å². The molecule has 0 amide bonds. The maximum Gasteiger partial charge on any atom is 0.338 e. The van der Waals surface area contributed by atoms with Crippen molar-refractivity contribution < 1.29 is 9.53 Å². The van der Waals surface area contributed by atoms with Gasteiger partial charge in [-0.25, -0.2) is 4.79 Å². The van der Waals surface area contributed by atoms with E-state index in [1.165, 1.54) is 7.11 Å². The molecular weight excluding hydrogens is 204 g/mol. The van der Waals surface area contributed by atoms with E-state index in [0.29, 0.717) is 17.5 Å². The molecule has 84 valence electrons. The minimum atomic E-state index is -0.420. The smallest absolute Gasteiger partial charge is 0.338 e. The summed E-state index contributed by atoms with van der Waals surface area (Å²) in [5.41, 5.74) is 8.02. The molecule has 0 spiro atoms. The zero-order valence-corrected chi connectivity index (χ0v) is 9.41. The summed E-state index contributed by atoms with van der Waals surface area (Å²) in [4.78, 5) is 11.5. The minimum Gasteiger partial charge on any atom is -0.465 e. The molecule has 0 radical (unpaired) electrons. The molecule has 0 aliphatic heterocycles. The zero-order chi connectivity index (χ0) is 12.1. The van der Waals surface area contributed by atoms with Crippen LogP contribution in [-0.2, 0) is 17.7 Å². The van der Waals surface area contributed by atoms with Crippen molar-refractivity contribution in [1.82, 2.24) is 0 Å². The first kappa shape index (κ1) is 12.2. The second-order valence-electron chi connectivity index (χ2n) is 3.33. The molecule has 1 aromatic carbocycles. The minimum absolute atomic E-state index is 0.289. The van der Waals surface area contributed by atoms with Gasteiger partial charge >= 0.3 is 5.97 Å². The Kier molecular flexibility index (Phi) is 4.03. The Morgan fingerprint density at radius 2 is 2.19 bits per heavy atom. The Hall–Kier alpha value is -1.86. The van der Waals surface area contributed by atoms with Crippen LogP contribution in [0.25, 0.3) is 0 Å². The number of carbonyl (C=O) groups excluding carboxylic acids is 1. The van der Waals surface area contributed by atoms with Crippen LogP contribution in [-0.4, -0.2) is 13.1 Å². The average Bonchev–Trinajstić information content (AvgIpc) is 2.35. The van der Waals surface area contributed by atoms with E-state index in [1.54, 1.807) is 12.1 Å². The van der Waals surface area contributed by atoms with Gasteiger partial charge in [0.05, 0.1) is 24.3 Å². The molecule has 0 aliphatic carbocycles. The maximum atomic E-state index is 11.5. The van der Waals surface area contributed by atoms with Crippen molar-refractivity contribution in [3.8, 4) is 6.07 Å². The van der Waals surface area contributed by atoms with Crippen LogP contribution in [0, 0.1) is 11.3 Å². The number of hydrogen-bond donors (Lipinski definition) is 1. The summed E-state index contributed by atoms with van der Waals surface area (Å²) in [6.07, 6.45) is 0.698. The van der Waals surface area contributed by atoms with Crippen LogP contribution in [0.15, 0.2) is 12.1 Å². The highest BCUT2D eigenvalue weighted by Crippen LogP contribution is 2.18. The fourth-order valence-corrected chi connectivity index (χ4v) is 1.56. The fourth-order valence-electron chi connectivity index (χ4n) is 1.56. The molecule has 0 saturated carbocycles. The van der Waals surface area contributed by atoms with Gasteiger partial charge in [-0.2, -0.15) is 5.26 Å². The van der Waals surface area contributed by atoms with Crippen molar-refractivity contribution in [2.24, 2.45) is 5.73 Å². The molecule has 1 aromatic rings. The van der Waals surface area contributed by atoms with E-state index in [9.17, 15) is 4.79 Å². The van der Waals surface area contributed by atoms with Crippen LogP contribution in [0.2, 0.25) is 0 Å². The molecule has 4 nitrogen and oxygen atoms in total. The number of carbonyl (C=O) groups is 1. The van der Waals surface area contributed by atoms with E-state index in [0.717, 1.165) is 11.1 Å². The first-order valence-corrected chi connectivity index (χ1v) is 5.02. The van der Waals surface area contributed by atoms with Gasteiger partial charge in [0.2, 0.25) is 0 Å².